The summed E-state index contributed by atoms with van der Waals surface area (Å²) >= 11 is 0. The molecular formula is C19H20NO6-. The summed E-state index contributed by atoms with van der Waals surface area (Å²) in [6.07, 6.45) is 1.36. The van der Waals surface area contributed by atoms with E-state index in [9.17, 15) is 19.5 Å². The second-order valence-electron chi connectivity index (χ2n) is 6.65. The quantitative estimate of drug-likeness (QED) is 0.785. The first kappa shape index (κ1) is 18.0. The van der Waals surface area contributed by atoms with Gasteiger partial charge in [0.25, 0.3) is 5.91 Å². The van der Waals surface area contributed by atoms with Crippen molar-refractivity contribution >= 4 is 22.8 Å². The van der Waals surface area contributed by atoms with Crippen LogP contribution in [0.3, 0.4) is 0 Å². The highest BCUT2D eigenvalue weighted by Gasteiger charge is 2.24. The molecule has 1 aliphatic rings. The van der Waals surface area contributed by atoms with Gasteiger partial charge in [0.05, 0.1) is 17.4 Å². The molecule has 0 radical (unpaired) electrons. The molecule has 7 heteroatoms. The lowest BCUT2D eigenvalue weighted by atomic mass is 10.0. The Morgan fingerprint density at radius 3 is 2.62 bits per heavy atom. The number of hydrogen-bond donors (Lipinski definition) is 1. The topological polar surface area (TPSA) is 109 Å². The number of carbonyl (C=O) groups is 2. The number of aliphatic carboxylic acids is 1. The Balaban J connectivity index is 1.97. The van der Waals surface area contributed by atoms with Crippen molar-refractivity contribution in [3.63, 3.8) is 0 Å². The van der Waals surface area contributed by atoms with Crippen LogP contribution in [0.5, 0.6) is 5.75 Å². The van der Waals surface area contributed by atoms with Crippen molar-refractivity contribution in [2.75, 3.05) is 0 Å². The average Bonchev–Trinajstić information content (AvgIpc) is 3.04. The minimum absolute atomic E-state index is 0.324. The maximum atomic E-state index is 12.2. The van der Waals surface area contributed by atoms with Crippen LogP contribution in [-0.4, -0.2) is 24.0 Å². The second kappa shape index (κ2) is 6.82. The molecule has 0 unspecified atom stereocenters. The largest absolute Gasteiger partial charge is 0.548 e. The fourth-order valence-electron chi connectivity index (χ4n) is 3.23. The van der Waals surface area contributed by atoms with Crippen LogP contribution in [-0.2, 0) is 22.4 Å². The van der Waals surface area contributed by atoms with Crippen molar-refractivity contribution in [3.05, 3.63) is 39.2 Å². The first-order valence-electron chi connectivity index (χ1n) is 8.55. The Bertz CT molecular complexity index is 945. The Morgan fingerprint density at radius 1 is 1.23 bits per heavy atom. The van der Waals surface area contributed by atoms with Crippen LogP contribution in [0.15, 0.2) is 21.3 Å². The van der Waals surface area contributed by atoms with E-state index in [1.54, 1.807) is 12.1 Å². The summed E-state index contributed by atoms with van der Waals surface area (Å²) in [5.74, 6) is -1.48. The molecule has 1 N–H and O–H groups in total. The summed E-state index contributed by atoms with van der Waals surface area (Å²) in [6, 6.07) is 2.43. The van der Waals surface area contributed by atoms with Crippen LogP contribution < -0.4 is 20.8 Å². The molecule has 3 rings (SSSR count). The number of carbonyl (C=O) groups excluding carboxylic acids is 2. The third kappa shape index (κ3) is 3.29. The standard InChI is InChI=1S/C19H21NO6/c1-9-7-14(25-11(3)17(21)20-10(2)18(22)23)16-12-5-4-6-13(12)19(24)26-15(16)8-9/h7-8,10-11H,4-6H2,1-3H3,(H,20,21)(H,22,23)/p-1/t10-,11+/m0/s1. The zero-order chi connectivity index (χ0) is 19.0. The van der Waals surface area contributed by atoms with Gasteiger partial charge < -0.3 is 24.4 Å². The molecule has 1 aromatic carbocycles. The first-order chi connectivity index (χ1) is 12.3. The smallest absolute Gasteiger partial charge is 0.339 e. The number of hydrogen-bond acceptors (Lipinski definition) is 6. The van der Waals surface area contributed by atoms with Crippen LogP contribution in [0.25, 0.3) is 11.0 Å². The molecular weight excluding hydrogens is 338 g/mol. The zero-order valence-corrected chi connectivity index (χ0v) is 14.9. The summed E-state index contributed by atoms with van der Waals surface area (Å²) in [7, 11) is 0. The van der Waals surface area contributed by atoms with Gasteiger partial charge in [-0.25, -0.2) is 4.79 Å². The number of benzene rings is 1. The number of amides is 1. The van der Waals surface area contributed by atoms with Crippen LogP contribution in [0.2, 0.25) is 0 Å². The SMILES string of the molecule is Cc1cc(O[C@H](C)C(=O)N[C@@H](C)C(=O)[O-])c2c3c(c(=O)oc2c1)CCC3. The molecule has 0 saturated heterocycles. The van der Waals surface area contributed by atoms with Crippen LogP contribution in [0.1, 0.15) is 37.0 Å². The summed E-state index contributed by atoms with van der Waals surface area (Å²) < 4.78 is 11.3. The van der Waals surface area contributed by atoms with Gasteiger partial charge in [-0.15, -0.1) is 0 Å². The summed E-state index contributed by atoms with van der Waals surface area (Å²) in [5, 5.41) is 13.8. The van der Waals surface area contributed by atoms with E-state index >= 15 is 0 Å². The van der Waals surface area contributed by atoms with Gasteiger partial charge in [-0.1, -0.05) is 0 Å². The maximum Gasteiger partial charge on any atom is 0.339 e. The molecule has 0 saturated carbocycles. The molecule has 1 amide bonds. The van der Waals surface area contributed by atoms with Crippen LogP contribution in [0, 0.1) is 6.92 Å². The normalized spacial score (nSPS) is 15.3. The Morgan fingerprint density at radius 2 is 1.92 bits per heavy atom. The monoisotopic (exact) mass is 358 g/mol. The van der Waals surface area contributed by atoms with Crippen molar-refractivity contribution < 1.29 is 23.8 Å². The number of rotatable bonds is 5. The van der Waals surface area contributed by atoms with Gasteiger partial charge in [-0.3, -0.25) is 4.79 Å². The highest BCUT2D eigenvalue weighted by Crippen LogP contribution is 2.35. The van der Waals surface area contributed by atoms with Gasteiger partial charge in [0.1, 0.15) is 11.3 Å². The van der Waals surface area contributed by atoms with E-state index in [4.69, 9.17) is 9.15 Å². The van der Waals surface area contributed by atoms with E-state index in [1.807, 2.05) is 6.92 Å². The molecule has 26 heavy (non-hydrogen) atoms. The van der Waals surface area contributed by atoms with Gasteiger partial charge >= 0.3 is 5.63 Å². The van der Waals surface area contributed by atoms with Crippen molar-refractivity contribution in [3.8, 4) is 5.75 Å². The predicted octanol–water partition coefficient (Wildman–Crippen LogP) is 0.612. The Labute approximate surface area is 150 Å². The van der Waals surface area contributed by atoms with E-state index in [-0.39, 0.29) is 5.63 Å². The van der Waals surface area contributed by atoms with Gasteiger partial charge in [0.15, 0.2) is 6.10 Å². The predicted molar refractivity (Wildman–Crippen MR) is 91.9 cm³/mol. The summed E-state index contributed by atoms with van der Waals surface area (Å²) in [5.41, 5.74) is 2.50. The fraction of sp³-hybridized carbons (Fsp3) is 0.421. The molecule has 2 aromatic rings. The molecule has 0 bridgehead atoms. The number of carboxylic acids is 1. The minimum atomic E-state index is -1.37. The average molecular weight is 358 g/mol. The highest BCUT2D eigenvalue weighted by molar-refractivity contribution is 5.90. The van der Waals surface area contributed by atoms with E-state index in [2.05, 4.69) is 5.32 Å². The number of carboxylic acid groups (broad SMARTS) is 1. The lowest BCUT2D eigenvalue weighted by Gasteiger charge is -2.20. The molecule has 0 aliphatic heterocycles. The van der Waals surface area contributed by atoms with Crippen LogP contribution >= 0.6 is 0 Å². The van der Waals surface area contributed by atoms with Crippen molar-refractivity contribution in [1.82, 2.24) is 5.32 Å². The lowest BCUT2D eigenvalue weighted by Crippen LogP contribution is -2.49. The van der Waals surface area contributed by atoms with Crippen molar-refractivity contribution in [1.29, 1.82) is 0 Å². The number of nitrogens with one attached hydrogen (secondary N) is 1. The first-order valence-corrected chi connectivity index (χ1v) is 8.55. The number of ether oxygens (including phenoxy) is 1. The Kier molecular flexibility index (Phi) is 4.71. The van der Waals surface area contributed by atoms with E-state index in [0.29, 0.717) is 28.7 Å². The van der Waals surface area contributed by atoms with E-state index in [1.165, 1.54) is 13.8 Å². The van der Waals surface area contributed by atoms with Crippen LogP contribution in [0.4, 0.5) is 0 Å². The highest BCUT2D eigenvalue weighted by atomic mass is 16.5. The van der Waals surface area contributed by atoms with Gasteiger partial charge in [0.2, 0.25) is 0 Å². The molecule has 1 heterocycles. The third-order valence-electron chi connectivity index (χ3n) is 4.56. The Hall–Kier alpha value is -2.83. The second-order valence-corrected chi connectivity index (χ2v) is 6.65. The van der Waals surface area contributed by atoms with Gasteiger partial charge in [0, 0.05) is 5.56 Å². The van der Waals surface area contributed by atoms with E-state index in [0.717, 1.165) is 24.0 Å². The van der Waals surface area contributed by atoms with E-state index < -0.39 is 24.0 Å². The third-order valence-corrected chi connectivity index (χ3v) is 4.56. The van der Waals surface area contributed by atoms with Gasteiger partial charge in [-0.2, -0.15) is 0 Å². The molecule has 7 nitrogen and oxygen atoms in total. The minimum Gasteiger partial charge on any atom is -0.548 e. The summed E-state index contributed by atoms with van der Waals surface area (Å²) in [4.78, 5) is 35.1. The molecule has 1 aromatic heterocycles. The molecule has 1 aliphatic carbocycles. The van der Waals surface area contributed by atoms with Crippen molar-refractivity contribution in [2.45, 2.75) is 52.2 Å². The maximum absolute atomic E-state index is 12.2. The lowest BCUT2D eigenvalue weighted by molar-refractivity contribution is -0.307. The summed E-state index contributed by atoms with van der Waals surface area (Å²) in [6.45, 7) is 4.69. The molecule has 138 valence electrons. The fourth-order valence-corrected chi connectivity index (χ4v) is 3.23. The number of fused-ring (bicyclic) bond motifs is 3. The number of aryl methyl sites for hydroxylation is 2. The molecule has 0 spiro atoms. The molecule has 2 atom stereocenters. The molecule has 0 fully saturated rings. The van der Waals surface area contributed by atoms with Crippen molar-refractivity contribution in [2.24, 2.45) is 0 Å². The zero-order valence-electron chi connectivity index (χ0n) is 14.9. The van der Waals surface area contributed by atoms with Gasteiger partial charge in [-0.05, 0) is 63.3 Å².